The lowest BCUT2D eigenvalue weighted by Gasteiger charge is -2.45. The van der Waals surface area contributed by atoms with Crippen LogP contribution in [0.25, 0.3) is 0 Å². The molecule has 0 saturated heterocycles. The highest BCUT2D eigenvalue weighted by molar-refractivity contribution is 7.91. The van der Waals surface area contributed by atoms with E-state index in [1.165, 1.54) is 12.1 Å². The predicted octanol–water partition coefficient (Wildman–Crippen LogP) is 6.55. The fraction of sp³-hybridized carbons (Fsp3) is 0.379. The Kier molecular flexibility index (Phi) is 7.14. The second kappa shape index (κ2) is 10.6. The van der Waals surface area contributed by atoms with Gasteiger partial charge in [0, 0.05) is 6.04 Å². The normalized spacial score (nSPS) is 23.8. The van der Waals surface area contributed by atoms with Gasteiger partial charge in [-0.15, -0.1) is 13.2 Å². The van der Waals surface area contributed by atoms with Gasteiger partial charge in [-0.3, -0.25) is 0 Å². The third-order valence-corrected chi connectivity index (χ3v) is 9.57. The van der Waals surface area contributed by atoms with Crippen molar-refractivity contribution in [1.82, 2.24) is 4.72 Å². The highest BCUT2D eigenvalue weighted by atomic mass is 32.2. The fourth-order valence-electron chi connectivity index (χ4n) is 5.38. The summed E-state index contributed by atoms with van der Waals surface area (Å²) in [7, 11) is -3.26. The van der Waals surface area contributed by atoms with E-state index in [1.807, 2.05) is 48.5 Å². The number of aliphatic hydroxyl groups is 1. The van der Waals surface area contributed by atoms with Gasteiger partial charge in [-0.05, 0) is 86.6 Å². The van der Waals surface area contributed by atoms with Crippen molar-refractivity contribution >= 4 is 21.3 Å². The molecular weight excluding hydrogens is 543 g/mol. The van der Waals surface area contributed by atoms with Crippen LogP contribution in [0.15, 0.2) is 82.1 Å². The second-order valence-electron chi connectivity index (χ2n) is 10.4. The van der Waals surface area contributed by atoms with Gasteiger partial charge in [0.15, 0.2) is 11.5 Å². The quantitative estimate of drug-likeness (QED) is 0.335. The van der Waals surface area contributed by atoms with Crippen LogP contribution >= 0.6 is 0 Å². The van der Waals surface area contributed by atoms with Crippen molar-refractivity contribution in [2.75, 3.05) is 11.4 Å². The van der Waals surface area contributed by atoms with E-state index in [-0.39, 0.29) is 10.9 Å². The number of ether oxygens (including phenoxy) is 2. The number of hydrogen-bond acceptors (Lipinski definition) is 6. The first kappa shape index (κ1) is 26.9. The van der Waals surface area contributed by atoms with E-state index in [0.717, 1.165) is 42.8 Å². The minimum absolute atomic E-state index is 0.249. The summed E-state index contributed by atoms with van der Waals surface area (Å²) in [5, 5.41) is 11.7. The van der Waals surface area contributed by atoms with Crippen molar-refractivity contribution in [3.05, 3.63) is 72.8 Å². The number of halogens is 3. The topological polar surface area (TPSA) is 83.4 Å². The van der Waals surface area contributed by atoms with Gasteiger partial charge in [-0.1, -0.05) is 24.3 Å². The Balaban J connectivity index is 1.30. The minimum atomic E-state index is -4.82. The number of fused-ring (bicyclic) bond motifs is 2. The molecule has 0 aromatic heterocycles. The molecule has 1 unspecified atom stereocenters. The van der Waals surface area contributed by atoms with Crippen LogP contribution in [0.2, 0.25) is 0 Å². The molecule has 2 fully saturated rings. The monoisotopic (exact) mass is 573 g/mol. The lowest BCUT2D eigenvalue weighted by molar-refractivity contribution is -0.274. The van der Waals surface area contributed by atoms with Crippen molar-refractivity contribution in [2.45, 2.75) is 61.5 Å². The van der Waals surface area contributed by atoms with Crippen LogP contribution in [-0.2, 0) is 9.92 Å². The Labute approximate surface area is 231 Å². The fourth-order valence-corrected chi connectivity index (χ4v) is 7.33. The largest absolute Gasteiger partial charge is 0.573 e. The zero-order valence-electron chi connectivity index (χ0n) is 21.6. The van der Waals surface area contributed by atoms with E-state index in [2.05, 4.69) is 18.7 Å². The number of hydrogen-bond donors (Lipinski definition) is 2. The molecule has 0 radical (unpaired) electrons. The third-order valence-electron chi connectivity index (χ3n) is 7.52. The molecule has 1 aliphatic heterocycles. The summed E-state index contributed by atoms with van der Waals surface area (Å²) in [5.74, 6) is 1.32. The molecule has 2 N–H and O–H groups in total. The predicted molar refractivity (Wildman–Crippen MR) is 145 cm³/mol. The van der Waals surface area contributed by atoms with E-state index in [0.29, 0.717) is 36.8 Å². The molecule has 0 spiro atoms. The molecule has 3 aliphatic rings. The number of anilines is 2. The molecule has 3 aromatic rings. The average molecular weight is 574 g/mol. The van der Waals surface area contributed by atoms with Crippen molar-refractivity contribution in [3.8, 4) is 17.2 Å². The SMILES string of the molecule is O=S(=NCC1CC1)(N[C@@H]1CCC[C@H](N2c3ccccc3Oc3ccccc32)[C@@H]1O)c1ccc(OC(F)(F)F)cc1. The second-order valence-corrected chi connectivity index (χ2v) is 12.4. The highest BCUT2D eigenvalue weighted by Gasteiger charge is 2.41. The van der Waals surface area contributed by atoms with Crippen LogP contribution in [0.4, 0.5) is 24.5 Å². The molecule has 3 aromatic carbocycles. The molecule has 6 rings (SSSR count). The Morgan fingerprint density at radius 1 is 0.950 bits per heavy atom. The Hall–Kier alpha value is -3.28. The number of benzene rings is 3. The standard InChI is InChI=1S/C29H30F3N3O4S/c30-29(31,32)39-20-14-16-21(17-15-20)40(37,33-18-19-12-13-19)34-22-6-5-9-25(28(22)36)35-23-7-1-3-10-26(23)38-27-11-4-2-8-24(27)35/h1-4,7-8,10-11,14-17,19,22,25,28,36H,5-6,9,12-13,18H2,(H,33,34,37)/t22-,25+,28-,40?/m1/s1. The maximum absolute atomic E-state index is 14.3. The van der Waals surface area contributed by atoms with E-state index in [1.54, 1.807) is 0 Å². The van der Waals surface area contributed by atoms with Crippen LogP contribution in [-0.4, -0.2) is 40.4 Å². The molecule has 40 heavy (non-hydrogen) atoms. The summed E-state index contributed by atoms with van der Waals surface area (Å²) in [6.45, 7) is 0.378. The third kappa shape index (κ3) is 5.63. The minimum Gasteiger partial charge on any atom is -0.453 e. The van der Waals surface area contributed by atoms with Gasteiger partial charge < -0.3 is 19.5 Å². The Bertz CT molecular complexity index is 1440. The van der Waals surface area contributed by atoms with E-state index in [4.69, 9.17) is 4.74 Å². The molecule has 2 aliphatic carbocycles. The summed E-state index contributed by atoms with van der Waals surface area (Å²) in [6, 6.07) is 19.4. The van der Waals surface area contributed by atoms with E-state index >= 15 is 0 Å². The first-order valence-corrected chi connectivity index (χ1v) is 14.9. The molecule has 0 bridgehead atoms. The van der Waals surface area contributed by atoms with Gasteiger partial charge >= 0.3 is 6.36 Å². The molecule has 1 heterocycles. The van der Waals surface area contributed by atoms with Crippen LogP contribution in [0.1, 0.15) is 32.1 Å². The molecule has 7 nitrogen and oxygen atoms in total. The molecule has 2 saturated carbocycles. The lowest BCUT2D eigenvalue weighted by Crippen LogP contribution is -2.56. The van der Waals surface area contributed by atoms with Crippen LogP contribution in [0.3, 0.4) is 0 Å². The number of aliphatic hydroxyl groups excluding tert-OH is 1. The first-order valence-electron chi connectivity index (χ1n) is 13.4. The summed E-state index contributed by atoms with van der Waals surface area (Å²) < 4.78 is 70.1. The Morgan fingerprint density at radius 2 is 1.57 bits per heavy atom. The van der Waals surface area contributed by atoms with Crippen molar-refractivity contribution in [1.29, 1.82) is 0 Å². The lowest BCUT2D eigenvalue weighted by atomic mass is 9.86. The maximum atomic E-state index is 14.3. The molecular formula is C29H30F3N3O4S. The number of alkyl halides is 3. The number of nitrogens with one attached hydrogen (secondary N) is 1. The average Bonchev–Trinajstić information content (AvgIpc) is 3.76. The van der Waals surface area contributed by atoms with Gasteiger partial charge in [0.25, 0.3) is 0 Å². The maximum Gasteiger partial charge on any atom is 0.573 e. The van der Waals surface area contributed by atoms with Gasteiger partial charge in [0.05, 0.1) is 35.0 Å². The number of para-hydroxylation sites is 4. The van der Waals surface area contributed by atoms with Crippen LogP contribution in [0, 0.1) is 5.92 Å². The molecule has 0 amide bonds. The van der Waals surface area contributed by atoms with E-state index < -0.39 is 34.2 Å². The van der Waals surface area contributed by atoms with Crippen molar-refractivity contribution < 1.29 is 32.0 Å². The summed E-state index contributed by atoms with van der Waals surface area (Å²) >= 11 is 0. The Morgan fingerprint density at radius 3 is 2.17 bits per heavy atom. The first-order chi connectivity index (χ1) is 19.2. The van der Waals surface area contributed by atoms with Gasteiger partial charge in [0.1, 0.15) is 15.7 Å². The number of rotatable bonds is 7. The van der Waals surface area contributed by atoms with Gasteiger partial charge in [0.2, 0.25) is 0 Å². The van der Waals surface area contributed by atoms with Gasteiger partial charge in [-0.25, -0.2) is 13.3 Å². The molecule has 11 heteroatoms. The highest BCUT2D eigenvalue weighted by Crippen LogP contribution is 2.49. The van der Waals surface area contributed by atoms with Crippen LogP contribution < -0.4 is 19.1 Å². The van der Waals surface area contributed by atoms with Gasteiger partial charge in [-0.2, -0.15) is 0 Å². The smallest absolute Gasteiger partial charge is 0.453 e. The van der Waals surface area contributed by atoms with E-state index in [9.17, 15) is 22.5 Å². The van der Waals surface area contributed by atoms with Crippen LogP contribution in [0.5, 0.6) is 17.2 Å². The number of nitrogens with zero attached hydrogens (tertiary/aromatic N) is 2. The van der Waals surface area contributed by atoms with Crippen molar-refractivity contribution in [3.63, 3.8) is 0 Å². The molecule has 212 valence electrons. The summed E-state index contributed by atoms with van der Waals surface area (Å²) in [5.41, 5.74) is 1.68. The summed E-state index contributed by atoms with van der Waals surface area (Å²) in [6.07, 6.45) is -1.71. The zero-order valence-corrected chi connectivity index (χ0v) is 22.4. The zero-order chi connectivity index (χ0) is 27.9. The summed E-state index contributed by atoms with van der Waals surface area (Å²) in [4.78, 5) is 2.35. The van der Waals surface area contributed by atoms with Crippen molar-refractivity contribution in [2.24, 2.45) is 10.3 Å². The molecule has 4 atom stereocenters.